The number of nitrogens with one attached hydrogen (secondary N) is 1. The predicted octanol–water partition coefficient (Wildman–Crippen LogP) is 2.42. The second kappa shape index (κ2) is 4.86. The third kappa shape index (κ3) is 2.38. The molecule has 2 heterocycles. The fourth-order valence-electron chi connectivity index (χ4n) is 1.53. The van der Waals surface area contributed by atoms with Gasteiger partial charge < -0.3 is 5.32 Å². The van der Waals surface area contributed by atoms with Crippen LogP contribution in [-0.2, 0) is 0 Å². The topological polar surface area (TPSA) is 50.7 Å². The van der Waals surface area contributed by atoms with Crippen molar-refractivity contribution in [2.24, 2.45) is 0 Å². The minimum atomic E-state index is -0.378. The van der Waals surface area contributed by atoms with Gasteiger partial charge in [0.05, 0.1) is 11.9 Å². The molecule has 0 amide bonds. The summed E-state index contributed by atoms with van der Waals surface area (Å²) in [6, 6.07) is 1.61. The van der Waals surface area contributed by atoms with Crippen molar-refractivity contribution in [3.05, 3.63) is 36.0 Å². The third-order valence-electron chi connectivity index (χ3n) is 2.33. The Hall–Kier alpha value is -2.04. The van der Waals surface area contributed by atoms with Gasteiger partial charge >= 0.3 is 0 Å². The molecule has 0 bridgehead atoms. The van der Waals surface area contributed by atoms with Crippen LogP contribution in [0.5, 0.6) is 0 Å². The van der Waals surface area contributed by atoms with Crippen molar-refractivity contribution < 1.29 is 4.39 Å². The molecule has 0 radical (unpaired) electrons. The van der Waals surface area contributed by atoms with Gasteiger partial charge in [0.25, 0.3) is 0 Å². The van der Waals surface area contributed by atoms with Gasteiger partial charge in [-0.15, -0.1) is 0 Å². The van der Waals surface area contributed by atoms with Crippen LogP contribution in [0, 0.1) is 12.7 Å². The van der Waals surface area contributed by atoms with Gasteiger partial charge in [0.1, 0.15) is 0 Å². The molecule has 0 aromatic carbocycles. The van der Waals surface area contributed by atoms with Gasteiger partial charge in [0.15, 0.2) is 5.82 Å². The van der Waals surface area contributed by atoms with E-state index in [4.69, 9.17) is 0 Å². The summed E-state index contributed by atoms with van der Waals surface area (Å²) in [5, 5.41) is 3.00. The summed E-state index contributed by atoms with van der Waals surface area (Å²) < 4.78 is 13.6. The highest BCUT2D eigenvalue weighted by molar-refractivity contribution is 5.63. The molecule has 2 aromatic heterocycles. The Kier molecular flexibility index (Phi) is 3.27. The van der Waals surface area contributed by atoms with E-state index in [2.05, 4.69) is 20.3 Å². The molecule has 2 aromatic rings. The zero-order valence-electron chi connectivity index (χ0n) is 9.74. The number of anilines is 1. The van der Waals surface area contributed by atoms with Crippen molar-refractivity contribution in [1.29, 1.82) is 0 Å². The van der Waals surface area contributed by atoms with Crippen molar-refractivity contribution >= 4 is 5.95 Å². The average Bonchev–Trinajstić information content (AvgIpc) is 2.33. The number of hydrogen-bond donors (Lipinski definition) is 1. The van der Waals surface area contributed by atoms with Crippen molar-refractivity contribution in [2.45, 2.75) is 13.8 Å². The molecule has 4 nitrogen and oxygen atoms in total. The lowest BCUT2D eigenvalue weighted by Gasteiger charge is -2.08. The Morgan fingerprint density at radius 1 is 1.35 bits per heavy atom. The van der Waals surface area contributed by atoms with Crippen LogP contribution >= 0.6 is 0 Å². The number of nitrogens with zero attached hydrogens (tertiary/aromatic N) is 3. The lowest BCUT2D eigenvalue weighted by Crippen LogP contribution is -2.04. The summed E-state index contributed by atoms with van der Waals surface area (Å²) in [6.07, 6.45) is 4.41. The van der Waals surface area contributed by atoms with Crippen LogP contribution in [0.15, 0.2) is 24.7 Å². The van der Waals surface area contributed by atoms with Crippen molar-refractivity contribution in [2.75, 3.05) is 11.9 Å². The first-order valence-corrected chi connectivity index (χ1v) is 5.39. The van der Waals surface area contributed by atoms with Crippen LogP contribution in [0.1, 0.15) is 12.5 Å². The minimum absolute atomic E-state index is 0.378. The SMILES string of the molecule is CCNc1ncc(C)c(-c2ccncc2F)n1. The number of rotatable bonds is 3. The zero-order chi connectivity index (χ0) is 12.3. The summed E-state index contributed by atoms with van der Waals surface area (Å²) in [4.78, 5) is 12.2. The number of aryl methyl sites for hydroxylation is 1. The highest BCUT2D eigenvalue weighted by Crippen LogP contribution is 2.23. The van der Waals surface area contributed by atoms with Crippen LogP contribution < -0.4 is 5.32 Å². The van der Waals surface area contributed by atoms with Crippen molar-refractivity contribution in [1.82, 2.24) is 15.0 Å². The molecule has 0 unspecified atom stereocenters. The Labute approximate surface area is 99.0 Å². The van der Waals surface area contributed by atoms with Gasteiger partial charge in [-0.25, -0.2) is 14.4 Å². The molecule has 0 aliphatic heterocycles. The van der Waals surface area contributed by atoms with Gasteiger partial charge in [-0.1, -0.05) is 0 Å². The summed E-state index contributed by atoms with van der Waals surface area (Å²) in [5.41, 5.74) is 1.87. The van der Waals surface area contributed by atoms with E-state index in [-0.39, 0.29) is 5.82 Å². The maximum absolute atomic E-state index is 13.6. The second-order valence-electron chi connectivity index (χ2n) is 3.61. The molecular formula is C12H13FN4. The first-order valence-electron chi connectivity index (χ1n) is 5.39. The smallest absolute Gasteiger partial charge is 0.223 e. The summed E-state index contributed by atoms with van der Waals surface area (Å²) >= 11 is 0. The Morgan fingerprint density at radius 3 is 2.88 bits per heavy atom. The standard InChI is InChI=1S/C12H13FN4/c1-3-15-12-16-6-8(2)11(17-12)9-4-5-14-7-10(9)13/h4-7H,3H2,1-2H3,(H,15,16,17). The maximum Gasteiger partial charge on any atom is 0.223 e. The Balaban J connectivity index is 2.51. The van der Waals surface area contributed by atoms with Crippen LogP contribution in [0.3, 0.4) is 0 Å². The third-order valence-corrected chi connectivity index (χ3v) is 2.33. The normalized spacial score (nSPS) is 10.3. The molecule has 17 heavy (non-hydrogen) atoms. The number of halogens is 1. The summed E-state index contributed by atoms with van der Waals surface area (Å²) in [7, 11) is 0. The molecule has 0 atom stereocenters. The van der Waals surface area contributed by atoms with E-state index in [0.29, 0.717) is 17.2 Å². The lowest BCUT2D eigenvalue weighted by molar-refractivity contribution is 0.624. The molecule has 2 rings (SSSR count). The Morgan fingerprint density at radius 2 is 2.18 bits per heavy atom. The van der Waals surface area contributed by atoms with Crippen molar-refractivity contribution in [3.63, 3.8) is 0 Å². The van der Waals surface area contributed by atoms with E-state index in [0.717, 1.165) is 12.1 Å². The van der Waals surface area contributed by atoms with E-state index < -0.39 is 0 Å². The molecule has 0 aliphatic carbocycles. The van der Waals surface area contributed by atoms with Crippen LogP contribution in [-0.4, -0.2) is 21.5 Å². The van der Waals surface area contributed by atoms with Gasteiger partial charge in [0.2, 0.25) is 5.95 Å². The first-order chi connectivity index (χ1) is 8.22. The Bertz CT molecular complexity index is 528. The van der Waals surface area contributed by atoms with Gasteiger partial charge in [-0.2, -0.15) is 0 Å². The molecule has 0 fully saturated rings. The van der Waals surface area contributed by atoms with E-state index >= 15 is 0 Å². The molecular weight excluding hydrogens is 219 g/mol. The molecule has 88 valence electrons. The number of aromatic nitrogens is 3. The highest BCUT2D eigenvalue weighted by Gasteiger charge is 2.10. The van der Waals surface area contributed by atoms with E-state index in [1.807, 2.05) is 13.8 Å². The molecule has 0 aliphatic rings. The van der Waals surface area contributed by atoms with Gasteiger partial charge in [0, 0.05) is 24.5 Å². The molecule has 0 spiro atoms. The van der Waals surface area contributed by atoms with E-state index in [1.165, 1.54) is 6.20 Å². The van der Waals surface area contributed by atoms with Gasteiger partial charge in [-0.3, -0.25) is 4.98 Å². The highest BCUT2D eigenvalue weighted by atomic mass is 19.1. The minimum Gasteiger partial charge on any atom is -0.354 e. The van der Waals surface area contributed by atoms with Crippen LogP contribution in [0.2, 0.25) is 0 Å². The fraction of sp³-hybridized carbons (Fsp3) is 0.250. The summed E-state index contributed by atoms with van der Waals surface area (Å²) in [5.74, 6) is 0.126. The molecule has 0 saturated heterocycles. The maximum atomic E-state index is 13.6. The monoisotopic (exact) mass is 232 g/mol. The quantitative estimate of drug-likeness (QED) is 0.883. The summed E-state index contributed by atoms with van der Waals surface area (Å²) in [6.45, 7) is 4.53. The zero-order valence-corrected chi connectivity index (χ0v) is 9.74. The van der Waals surface area contributed by atoms with Crippen molar-refractivity contribution in [3.8, 4) is 11.3 Å². The number of hydrogen-bond acceptors (Lipinski definition) is 4. The van der Waals surface area contributed by atoms with Gasteiger partial charge in [-0.05, 0) is 25.5 Å². The average molecular weight is 232 g/mol. The largest absolute Gasteiger partial charge is 0.354 e. The first kappa shape index (κ1) is 11.4. The molecule has 1 N–H and O–H groups in total. The number of pyridine rings is 1. The van der Waals surface area contributed by atoms with Crippen LogP contribution in [0.25, 0.3) is 11.3 Å². The predicted molar refractivity (Wildman–Crippen MR) is 64.1 cm³/mol. The fourth-order valence-corrected chi connectivity index (χ4v) is 1.53. The van der Waals surface area contributed by atoms with Crippen LogP contribution in [0.4, 0.5) is 10.3 Å². The lowest BCUT2D eigenvalue weighted by atomic mass is 10.1. The second-order valence-corrected chi connectivity index (χ2v) is 3.61. The molecule has 5 heteroatoms. The van der Waals surface area contributed by atoms with E-state index in [9.17, 15) is 4.39 Å². The van der Waals surface area contributed by atoms with E-state index in [1.54, 1.807) is 18.5 Å². The molecule has 0 saturated carbocycles.